The van der Waals surface area contributed by atoms with E-state index in [-0.39, 0.29) is 0 Å². The Morgan fingerprint density at radius 1 is 1.21 bits per heavy atom. The lowest BCUT2D eigenvalue weighted by Crippen LogP contribution is -2.16. The molecule has 0 amide bonds. The van der Waals surface area contributed by atoms with Gasteiger partial charge in [-0.15, -0.1) is 10.2 Å². The van der Waals surface area contributed by atoms with Gasteiger partial charge in [-0.25, -0.2) is 0 Å². The molecular weight excluding hydrogens is 258 g/mol. The maximum absolute atomic E-state index is 4.59. The van der Waals surface area contributed by atoms with Crippen molar-refractivity contribution in [3.8, 4) is 11.4 Å². The van der Waals surface area contributed by atoms with Gasteiger partial charge in [-0.1, -0.05) is 48.6 Å². The van der Waals surface area contributed by atoms with Crippen LogP contribution in [-0.2, 0) is 6.42 Å². The lowest BCUT2D eigenvalue weighted by atomic mass is 10.2. The zero-order chi connectivity index (χ0) is 13.1. The summed E-state index contributed by atoms with van der Waals surface area (Å²) in [6.07, 6.45) is 0.927. The smallest absolute Gasteiger partial charge is 0.234 e. The van der Waals surface area contributed by atoms with Gasteiger partial charge in [0.05, 0.1) is 0 Å². The number of nitrogens with zero attached hydrogens (tertiary/aromatic N) is 4. The predicted molar refractivity (Wildman–Crippen MR) is 76.3 cm³/mol. The van der Waals surface area contributed by atoms with Crippen molar-refractivity contribution in [3.63, 3.8) is 0 Å². The SMILES string of the molecule is CCNCCc1nn2c(-c3ccccc3)nnc2s1. The summed E-state index contributed by atoms with van der Waals surface area (Å²) in [6.45, 7) is 4.03. The highest BCUT2D eigenvalue weighted by molar-refractivity contribution is 7.16. The van der Waals surface area contributed by atoms with Gasteiger partial charge in [-0.3, -0.25) is 0 Å². The lowest BCUT2D eigenvalue weighted by molar-refractivity contribution is 0.707. The number of hydrogen-bond donors (Lipinski definition) is 1. The first-order chi connectivity index (χ1) is 9.38. The summed E-state index contributed by atoms with van der Waals surface area (Å²) in [6, 6.07) is 10.0. The van der Waals surface area contributed by atoms with Gasteiger partial charge in [-0.2, -0.15) is 9.61 Å². The Kier molecular flexibility index (Phi) is 3.52. The number of nitrogens with one attached hydrogen (secondary N) is 1. The minimum absolute atomic E-state index is 0.807. The molecule has 2 heterocycles. The van der Waals surface area contributed by atoms with E-state index in [1.54, 1.807) is 11.3 Å². The van der Waals surface area contributed by atoms with Crippen LogP contribution in [0.25, 0.3) is 16.3 Å². The maximum Gasteiger partial charge on any atom is 0.234 e. The highest BCUT2D eigenvalue weighted by atomic mass is 32.1. The van der Waals surface area contributed by atoms with Gasteiger partial charge in [0.25, 0.3) is 0 Å². The van der Waals surface area contributed by atoms with Crippen molar-refractivity contribution in [2.75, 3.05) is 13.1 Å². The summed E-state index contributed by atoms with van der Waals surface area (Å²) in [7, 11) is 0. The Labute approximate surface area is 115 Å². The monoisotopic (exact) mass is 273 g/mol. The van der Waals surface area contributed by atoms with Crippen LogP contribution in [0.4, 0.5) is 0 Å². The molecule has 0 saturated carbocycles. The molecule has 3 aromatic rings. The number of rotatable bonds is 5. The number of likely N-dealkylation sites (N-methyl/N-ethyl adjacent to an activating group) is 1. The van der Waals surface area contributed by atoms with Crippen LogP contribution in [-0.4, -0.2) is 32.9 Å². The average molecular weight is 273 g/mol. The number of hydrogen-bond acceptors (Lipinski definition) is 5. The Hall–Kier alpha value is -1.79. The van der Waals surface area contributed by atoms with Crippen LogP contribution in [0.3, 0.4) is 0 Å². The Balaban J connectivity index is 1.90. The van der Waals surface area contributed by atoms with Crippen LogP contribution in [0.5, 0.6) is 0 Å². The van der Waals surface area contributed by atoms with E-state index in [4.69, 9.17) is 0 Å². The molecule has 0 fully saturated rings. The van der Waals surface area contributed by atoms with Gasteiger partial charge >= 0.3 is 0 Å². The second kappa shape index (κ2) is 5.46. The van der Waals surface area contributed by atoms with Gasteiger partial charge in [0.15, 0.2) is 5.82 Å². The fourth-order valence-corrected chi connectivity index (χ4v) is 2.73. The molecule has 98 valence electrons. The first kappa shape index (κ1) is 12.3. The standard InChI is InChI=1S/C13H15N5S/c1-2-14-9-8-11-17-18-12(15-16-13(18)19-11)10-6-4-3-5-7-10/h3-7,14H,2,8-9H2,1H3. The molecule has 1 N–H and O–H groups in total. The van der Waals surface area contributed by atoms with Crippen LogP contribution in [0.15, 0.2) is 30.3 Å². The number of fused-ring (bicyclic) bond motifs is 1. The summed E-state index contributed by atoms with van der Waals surface area (Å²) in [5.41, 5.74) is 1.04. The third kappa shape index (κ3) is 2.50. The van der Waals surface area contributed by atoms with Crippen LogP contribution in [0.1, 0.15) is 11.9 Å². The van der Waals surface area contributed by atoms with E-state index < -0.39 is 0 Å². The molecule has 0 aliphatic rings. The van der Waals surface area contributed by atoms with E-state index in [2.05, 4.69) is 27.5 Å². The van der Waals surface area contributed by atoms with Gasteiger partial charge in [0.1, 0.15) is 5.01 Å². The van der Waals surface area contributed by atoms with Gasteiger partial charge in [0, 0.05) is 18.5 Å². The zero-order valence-corrected chi connectivity index (χ0v) is 11.5. The molecule has 0 spiro atoms. The van der Waals surface area contributed by atoms with Gasteiger partial charge in [0.2, 0.25) is 4.96 Å². The molecule has 6 heteroatoms. The second-order valence-electron chi connectivity index (χ2n) is 4.18. The molecule has 5 nitrogen and oxygen atoms in total. The fraction of sp³-hybridized carbons (Fsp3) is 0.308. The molecule has 0 aliphatic heterocycles. The first-order valence-corrected chi connectivity index (χ1v) is 7.17. The van der Waals surface area contributed by atoms with E-state index in [1.807, 2.05) is 34.8 Å². The van der Waals surface area contributed by atoms with Crippen molar-refractivity contribution in [3.05, 3.63) is 35.3 Å². The van der Waals surface area contributed by atoms with Crippen LogP contribution >= 0.6 is 11.3 Å². The third-order valence-corrected chi connectivity index (χ3v) is 3.79. The highest BCUT2D eigenvalue weighted by Crippen LogP contribution is 2.21. The van der Waals surface area contributed by atoms with E-state index in [0.717, 1.165) is 40.9 Å². The molecule has 2 aromatic heterocycles. The molecule has 0 atom stereocenters. The normalized spacial score (nSPS) is 11.2. The van der Waals surface area contributed by atoms with Crippen molar-refractivity contribution < 1.29 is 0 Å². The van der Waals surface area contributed by atoms with Crippen molar-refractivity contribution in [1.82, 2.24) is 25.1 Å². The Morgan fingerprint density at radius 3 is 2.84 bits per heavy atom. The summed E-state index contributed by atoms with van der Waals surface area (Å²) in [4.78, 5) is 0.852. The minimum atomic E-state index is 0.807. The van der Waals surface area contributed by atoms with E-state index >= 15 is 0 Å². The van der Waals surface area contributed by atoms with Crippen molar-refractivity contribution in [1.29, 1.82) is 0 Å². The summed E-state index contributed by atoms with van der Waals surface area (Å²) < 4.78 is 1.83. The van der Waals surface area contributed by atoms with E-state index in [1.165, 1.54) is 0 Å². The number of aromatic nitrogens is 4. The Bertz CT molecular complexity index is 658. The Morgan fingerprint density at radius 2 is 2.05 bits per heavy atom. The second-order valence-corrected chi connectivity index (χ2v) is 5.22. The van der Waals surface area contributed by atoms with Crippen molar-refractivity contribution in [2.24, 2.45) is 0 Å². The van der Waals surface area contributed by atoms with Gasteiger partial charge in [-0.05, 0) is 6.54 Å². The summed E-state index contributed by atoms with van der Waals surface area (Å²) in [5.74, 6) is 0.807. The zero-order valence-electron chi connectivity index (χ0n) is 10.7. The van der Waals surface area contributed by atoms with Crippen LogP contribution in [0, 0.1) is 0 Å². The molecule has 0 saturated heterocycles. The lowest BCUT2D eigenvalue weighted by Gasteiger charge is -1.97. The average Bonchev–Trinajstić information content (AvgIpc) is 3.00. The van der Waals surface area contributed by atoms with Crippen LogP contribution in [0.2, 0.25) is 0 Å². The quantitative estimate of drug-likeness (QED) is 0.722. The van der Waals surface area contributed by atoms with Crippen molar-refractivity contribution >= 4 is 16.3 Å². The topological polar surface area (TPSA) is 55.1 Å². The molecule has 3 rings (SSSR count). The predicted octanol–water partition coefficient (Wildman–Crippen LogP) is 2.00. The van der Waals surface area contributed by atoms with E-state index in [9.17, 15) is 0 Å². The third-order valence-electron chi connectivity index (χ3n) is 2.83. The molecule has 1 aromatic carbocycles. The molecule has 0 unspecified atom stereocenters. The molecule has 0 aliphatic carbocycles. The molecule has 0 bridgehead atoms. The highest BCUT2D eigenvalue weighted by Gasteiger charge is 2.12. The van der Waals surface area contributed by atoms with Gasteiger partial charge < -0.3 is 5.32 Å². The molecule has 0 radical (unpaired) electrons. The number of benzene rings is 1. The van der Waals surface area contributed by atoms with Crippen molar-refractivity contribution in [2.45, 2.75) is 13.3 Å². The first-order valence-electron chi connectivity index (χ1n) is 6.35. The largest absolute Gasteiger partial charge is 0.317 e. The van der Waals surface area contributed by atoms with Crippen LogP contribution < -0.4 is 5.32 Å². The molecular formula is C13H15N5S. The van der Waals surface area contributed by atoms with E-state index in [0.29, 0.717) is 0 Å². The summed E-state index contributed by atoms with van der Waals surface area (Å²) >= 11 is 1.60. The summed E-state index contributed by atoms with van der Waals surface area (Å²) in [5, 5.41) is 17.4. The minimum Gasteiger partial charge on any atom is -0.317 e. The maximum atomic E-state index is 4.59. The fourth-order valence-electron chi connectivity index (χ4n) is 1.90. The molecule has 19 heavy (non-hydrogen) atoms.